The molecule has 0 atom stereocenters. The van der Waals surface area contributed by atoms with Crippen molar-refractivity contribution in [3.8, 4) is 11.5 Å². The fourth-order valence-corrected chi connectivity index (χ4v) is 4.28. The van der Waals surface area contributed by atoms with E-state index in [9.17, 15) is 0 Å². The minimum Gasteiger partial charge on any atom is -0.399 e. The van der Waals surface area contributed by atoms with Crippen molar-refractivity contribution in [3.05, 3.63) is 66.0 Å². The van der Waals surface area contributed by atoms with Crippen LogP contribution in [0.3, 0.4) is 0 Å². The molecule has 2 aromatic carbocycles. The number of piperidine rings is 1. The quantitative estimate of drug-likeness (QED) is 0.453. The molecule has 4 N–H and O–H groups in total. The average molecular weight is 387 g/mol. The molecule has 0 bridgehead atoms. The van der Waals surface area contributed by atoms with E-state index in [1.165, 1.54) is 24.8 Å². The molecule has 6 nitrogen and oxygen atoms in total. The van der Waals surface area contributed by atoms with Crippen LogP contribution in [0.5, 0.6) is 0 Å². The van der Waals surface area contributed by atoms with Gasteiger partial charge in [0.25, 0.3) is 0 Å². The van der Waals surface area contributed by atoms with E-state index in [0.29, 0.717) is 0 Å². The Bertz CT molecular complexity index is 1090. The molecule has 0 amide bonds. The fourth-order valence-electron chi connectivity index (χ4n) is 4.28. The molecule has 0 radical (unpaired) electrons. The number of aromatic nitrogens is 4. The highest BCUT2D eigenvalue weighted by Crippen LogP contribution is 2.25. The van der Waals surface area contributed by atoms with Gasteiger partial charge in [0.2, 0.25) is 0 Å². The molecule has 2 aromatic heterocycles. The standard InChI is InChI=1S/C23H26N6/c24-19-6-7-20-18(13-19)14-21(25-20)23-26-22(27-28-23)15-29-10-8-17(9-11-29)12-16-4-2-1-3-5-16/h1-7,13-14,17,25H,8-12,15,24H2,(H,26,27,28). The van der Waals surface area contributed by atoms with Gasteiger partial charge in [-0.2, -0.15) is 0 Å². The first kappa shape index (κ1) is 17.9. The third-order valence-corrected chi connectivity index (χ3v) is 5.88. The maximum atomic E-state index is 5.88. The van der Waals surface area contributed by atoms with E-state index >= 15 is 0 Å². The Morgan fingerprint density at radius 3 is 2.62 bits per heavy atom. The summed E-state index contributed by atoms with van der Waals surface area (Å²) in [7, 11) is 0. The lowest BCUT2D eigenvalue weighted by atomic mass is 9.90. The van der Waals surface area contributed by atoms with Crippen molar-refractivity contribution in [1.29, 1.82) is 0 Å². The zero-order chi connectivity index (χ0) is 19.6. The first-order valence-electron chi connectivity index (χ1n) is 10.3. The van der Waals surface area contributed by atoms with E-state index in [-0.39, 0.29) is 0 Å². The summed E-state index contributed by atoms with van der Waals surface area (Å²) in [6.07, 6.45) is 3.66. The number of aromatic amines is 2. The number of nitrogen functional groups attached to an aromatic ring is 1. The molecule has 6 heteroatoms. The summed E-state index contributed by atoms with van der Waals surface area (Å²) in [6, 6.07) is 18.7. The lowest BCUT2D eigenvalue weighted by Crippen LogP contribution is -2.34. The van der Waals surface area contributed by atoms with Gasteiger partial charge in [-0.25, -0.2) is 0 Å². The molecule has 4 aromatic rings. The van der Waals surface area contributed by atoms with Gasteiger partial charge in [-0.15, -0.1) is 10.2 Å². The van der Waals surface area contributed by atoms with Crippen molar-refractivity contribution >= 4 is 16.6 Å². The molecular weight excluding hydrogens is 360 g/mol. The van der Waals surface area contributed by atoms with Crippen molar-refractivity contribution in [1.82, 2.24) is 25.1 Å². The first-order valence-corrected chi connectivity index (χ1v) is 10.3. The average Bonchev–Trinajstić information content (AvgIpc) is 3.37. The minimum absolute atomic E-state index is 0.761. The molecule has 1 fully saturated rings. The highest BCUT2D eigenvalue weighted by Gasteiger charge is 2.20. The molecule has 1 aliphatic rings. The molecule has 5 rings (SSSR count). The SMILES string of the molecule is Nc1ccc2[nH]c(-c3nnc(CN4CCC(Cc5ccccc5)CC4)[nH]3)cc2c1. The number of hydrogen-bond donors (Lipinski definition) is 3. The highest BCUT2D eigenvalue weighted by atomic mass is 15.3. The molecule has 1 saturated heterocycles. The van der Waals surface area contributed by atoms with Gasteiger partial charge in [0.05, 0.1) is 12.2 Å². The Morgan fingerprint density at radius 1 is 0.966 bits per heavy atom. The molecule has 148 valence electrons. The van der Waals surface area contributed by atoms with Crippen molar-refractivity contribution < 1.29 is 0 Å². The monoisotopic (exact) mass is 386 g/mol. The summed E-state index contributed by atoms with van der Waals surface area (Å²) >= 11 is 0. The predicted octanol–water partition coefficient (Wildman–Crippen LogP) is 3.99. The number of H-pyrrole nitrogens is 2. The maximum absolute atomic E-state index is 5.88. The van der Waals surface area contributed by atoms with Crippen LogP contribution < -0.4 is 5.73 Å². The second-order valence-corrected chi connectivity index (χ2v) is 8.06. The molecule has 0 aliphatic carbocycles. The number of anilines is 1. The van der Waals surface area contributed by atoms with E-state index in [0.717, 1.165) is 59.5 Å². The molecule has 0 spiro atoms. The van der Waals surface area contributed by atoms with Crippen LogP contribution in [0.2, 0.25) is 0 Å². The van der Waals surface area contributed by atoms with Crippen molar-refractivity contribution in [2.45, 2.75) is 25.8 Å². The molecule has 0 unspecified atom stereocenters. The lowest BCUT2D eigenvalue weighted by Gasteiger charge is -2.31. The number of nitrogens with zero attached hydrogens (tertiary/aromatic N) is 3. The second kappa shape index (κ2) is 7.72. The normalized spacial score (nSPS) is 15.9. The largest absolute Gasteiger partial charge is 0.399 e. The predicted molar refractivity (Wildman–Crippen MR) is 116 cm³/mol. The van der Waals surface area contributed by atoms with Crippen LogP contribution in [-0.2, 0) is 13.0 Å². The third-order valence-electron chi connectivity index (χ3n) is 5.88. The van der Waals surface area contributed by atoms with E-state index in [4.69, 9.17) is 5.73 Å². The van der Waals surface area contributed by atoms with Gasteiger partial charge >= 0.3 is 0 Å². The Balaban J connectivity index is 1.19. The third kappa shape index (κ3) is 4.03. The van der Waals surface area contributed by atoms with Gasteiger partial charge in [-0.05, 0) is 68.1 Å². The molecule has 1 aliphatic heterocycles. The Hall–Kier alpha value is -3.12. The van der Waals surface area contributed by atoms with Crippen LogP contribution in [0, 0.1) is 5.92 Å². The van der Waals surface area contributed by atoms with E-state index < -0.39 is 0 Å². The van der Waals surface area contributed by atoms with Crippen molar-refractivity contribution in [3.63, 3.8) is 0 Å². The summed E-state index contributed by atoms with van der Waals surface area (Å²) < 4.78 is 0. The minimum atomic E-state index is 0.761. The van der Waals surface area contributed by atoms with Gasteiger partial charge in [0, 0.05) is 16.6 Å². The van der Waals surface area contributed by atoms with Crippen LogP contribution in [0.1, 0.15) is 24.2 Å². The van der Waals surface area contributed by atoms with Gasteiger partial charge in [0.15, 0.2) is 5.82 Å². The van der Waals surface area contributed by atoms with E-state index in [1.54, 1.807) is 0 Å². The van der Waals surface area contributed by atoms with Crippen molar-refractivity contribution in [2.24, 2.45) is 5.92 Å². The zero-order valence-electron chi connectivity index (χ0n) is 16.4. The summed E-state index contributed by atoms with van der Waals surface area (Å²) in [6.45, 7) is 3.04. The maximum Gasteiger partial charge on any atom is 0.177 e. The second-order valence-electron chi connectivity index (χ2n) is 8.06. The van der Waals surface area contributed by atoms with E-state index in [2.05, 4.69) is 61.5 Å². The number of nitrogens with two attached hydrogens (primary N) is 1. The van der Waals surface area contributed by atoms with Gasteiger partial charge in [-0.1, -0.05) is 30.3 Å². The van der Waals surface area contributed by atoms with Crippen LogP contribution in [0.15, 0.2) is 54.6 Å². The first-order chi connectivity index (χ1) is 14.2. The fraction of sp³-hybridized carbons (Fsp3) is 0.304. The van der Waals surface area contributed by atoms with E-state index in [1.807, 2.05) is 18.2 Å². The number of hydrogen-bond acceptors (Lipinski definition) is 4. The van der Waals surface area contributed by atoms with Gasteiger partial charge < -0.3 is 15.7 Å². The van der Waals surface area contributed by atoms with Crippen LogP contribution in [0.25, 0.3) is 22.4 Å². The summed E-state index contributed by atoms with van der Waals surface area (Å²) in [5.74, 6) is 2.46. The number of rotatable bonds is 5. The van der Waals surface area contributed by atoms with Crippen LogP contribution in [0.4, 0.5) is 5.69 Å². The van der Waals surface area contributed by atoms with Gasteiger partial charge in [-0.3, -0.25) is 4.90 Å². The molecule has 29 heavy (non-hydrogen) atoms. The Kier molecular flexibility index (Phi) is 4.77. The van der Waals surface area contributed by atoms with Crippen LogP contribution >= 0.6 is 0 Å². The Morgan fingerprint density at radius 2 is 1.79 bits per heavy atom. The van der Waals surface area contributed by atoms with Gasteiger partial charge in [0.1, 0.15) is 5.82 Å². The number of benzene rings is 2. The van der Waals surface area contributed by atoms with Crippen molar-refractivity contribution in [2.75, 3.05) is 18.8 Å². The summed E-state index contributed by atoms with van der Waals surface area (Å²) in [4.78, 5) is 9.23. The molecular formula is C23H26N6. The molecule has 3 heterocycles. The number of likely N-dealkylation sites (tertiary alicyclic amines) is 1. The lowest BCUT2D eigenvalue weighted by molar-refractivity contribution is 0.173. The molecule has 0 saturated carbocycles. The topological polar surface area (TPSA) is 86.6 Å². The highest BCUT2D eigenvalue weighted by molar-refractivity contribution is 5.87. The zero-order valence-corrected chi connectivity index (χ0v) is 16.4. The Labute approximate surface area is 170 Å². The number of nitrogens with one attached hydrogen (secondary N) is 2. The summed E-state index contributed by atoms with van der Waals surface area (Å²) in [5.41, 5.74) is 10.1. The van der Waals surface area contributed by atoms with Crippen LogP contribution in [-0.4, -0.2) is 38.2 Å². The smallest absolute Gasteiger partial charge is 0.177 e. The number of fused-ring (bicyclic) bond motifs is 1. The summed E-state index contributed by atoms with van der Waals surface area (Å²) in [5, 5.41) is 9.80.